The van der Waals surface area contributed by atoms with Crippen molar-refractivity contribution in [1.82, 2.24) is 19.7 Å². The van der Waals surface area contributed by atoms with Crippen LogP contribution in [-0.2, 0) is 7.05 Å². The minimum Gasteiger partial charge on any atom is -0.496 e. The first-order valence-corrected chi connectivity index (χ1v) is 8.77. The van der Waals surface area contributed by atoms with Gasteiger partial charge in [-0.05, 0) is 13.0 Å². The van der Waals surface area contributed by atoms with E-state index >= 15 is 0 Å². The lowest BCUT2D eigenvalue weighted by Crippen LogP contribution is -2.18. The molecule has 6 nitrogen and oxygen atoms in total. The molecule has 0 fully saturated rings. The number of imidazole rings is 1. The highest BCUT2D eigenvalue weighted by Crippen LogP contribution is 2.33. The van der Waals surface area contributed by atoms with E-state index in [1.807, 2.05) is 61.1 Å². The molecule has 4 aromatic rings. The first kappa shape index (κ1) is 17.0. The number of nitrogens with one attached hydrogen (secondary N) is 1. The molecular weight excluding hydrogens is 338 g/mol. The Bertz CT molecular complexity index is 1090. The van der Waals surface area contributed by atoms with E-state index in [0.29, 0.717) is 0 Å². The van der Waals surface area contributed by atoms with Gasteiger partial charge in [0.2, 0.25) is 0 Å². The normalized spacial score (nSPS) is 12.1. The molecule has 0 aliphatic carbocycles. The van der Waals surface area contributed by atoms with Gasteiger partial charge in [0, 0.05) is 35.8 Å². The van der Waals surface area contributed by atoms with Gasteiger partial charge in [0.15, 0.2) is 5.82 Å². The Hall–Kier alpha value is -3.41. The third-order valence-electron chi connectivity index (χ3n) is 4.72. The molecular formula is C21H21N5O. The van der Waals surface area contributed by atoms with Crippen molar-refractivity contribution in [1.29, 1.82) is 0 Å². The highest BCUT2D eigenvalue weighted by molar-refractivity contribution is 5.93. The van der Waals surface area contributed by atoms with E-state index in [1.165, 1.54) is 0 Å². The van der Waals surface area contributed by atoms with Crippen LogP contribution in [0.1, 0.15) is 23.1 Å². The summed E-state index contributed by atoms with van der Waals surface area (Å²) in [5, 5.41) is 14.4. The lowest BCUT2D eigenvalue weighted by Gasteiger charge is -2.22. The van der Waals surface area contributed by atoms with Gasteiger partial charge in [-0.3, -0.25) is 0 Å². The van der Waals surface area contributed by atoms with Crippen molar-refractivity contribution in [2.24, 2.45) is 7.05 Å². The first-order chi connectivity index (χ1) is 13.2. The number of ether oxygens (including phenoxy) is 1. The number of anilines is 1. The molecule has 0 saturated heterocycles. The molecule has 0 unspecified atom stereocenters. The van der Waals surface area contributed by atoms with Crippen LogP contribution >= 0.6 is 0 Å². The summed E-state index contributed by atoms with van der Waals surface area (Å²) in [5.74, 6) is 2.38. The second-order valence-corrected chi connectivity index (χ2v) is 6.40. The number of aryl methyl sites for hydroxylation is 2. The molecule has 2 aromatic heterocycles. The predicted molar refractivity (Wildman–Crippen MR) is 106 cm³/mol. The molecule has 4 rings (SSSR count). The second kappa shape index (κ2) is 7.07. The van der Waals surface area contributed by atoms with Gasteiger partial charge in [0.05, 0.1) is 12.8 Å². The van der Waals surface area contributed by atoms with Crippen LogP contribution in [0.15, 0.2) is 60.9 Å². The summed E-state index contributed by atoms with van der Waals surface area (Å²) >= 11 is 0. The van der Waals surface area contributed by atoms with Crippen LogP contribution < -0.4 is 10.1 Å². The van der Waals surface area contributed by atoms with E-state index in [9.17, 15) is 0 Å². The van der Waals surface area contributed by atoms with Crippen molar-refractivity contribution in [3.05, 3.63) is 78.0 Å². The molecule has 1 atom stereocenters. The van der Waals surface area contributed by atoms with E-state index in [4.69, 9.17) is 4.74 Å². The Morgan fingerprint density at radius 1 is 1.00 bits per heavy atom. The van der Waals surface area contributed by atoms with Crippen LogP contribution in [0.2, 0.25) is 0 Å². The molecule has 6 heteroatoms. The molecule has 136 valence electrons. The number of benzene rings is 2. The van der Waals surface area contributed by atoms with Gasteiger partial charge >= 0.3 is 0 Å². The fraction of sp³-hybridized carbons (Fsp3) is 0.190. The monoisotopic (exact) mass is 359 g/mol. The number of methoxy groups -OCH3 is 1. The van der Waals surface area contributed by atoms with Crippen LogP contribution in [0.4, 0.5) is 5.82 Å². The molecule has 0 spiro atoms. The number of nitrogens with zero attached hydrogens (tertiary/aromatic N) is 4. The number of para-hydroxylation sites is 1. The fourth-order valence-electron chi connectivity index (χ4n) is 3.32. The van der Waals surface area contributed by atoms with Gasteiger partial charge in [0.1, 0.15) is 17.6 Å². The van der Waals surface area contributed by atoms with Crippen molar-refractivity contribution < 1.29 is 4.74 Å². The quantitative estimate of drug-likeness (QED) is 0.586. The van der Waals surface area contributed by atoms with E-state index < -0.39 is 0 Å². The van der Waals surface area contributed by atoms with E-state index in [-0.39, 0.29) is 6.04 Å². The zero-order chi connectivity index (χ0) is 18.8. The Balaban J connectivity index is 1.86. The smallest absolute Gasteiger partial charge is 0.157 e. The summed E-state index contributed by atoms with van der Waals surface area (Å²) in [4.78, 5) is 4.56. The number of aromatic nitrogens is 4. The lowest BCUT2D eigenvalue weighted by atomic mass is 10.0. The largest absolute Gasteiger partial charge is 0.496 e. The van der Waals surface area contributed by atoms with Crippen LogP contribution in [0.25, 0.3) is 10.8 Å². The lowest BCUT2D eigenvalue weighted by molar-refractivity contribution is 0.408. The molecule has 2 aromatic carbocycles. The van der Waals surface area contributed by atoms with Crippen LogP contribution in [0, 0.1) is 6.92 Å². The molecule has 0 amide bonds. The van der Waals surface area contributed by atoms with E-state index in [1.54, 1.807) is 13.3 Å². The predicted octanol–water partition coefficient (Wildman–Crippen LogP) is 3.88. The number of fused-ring (bicyclic) bond motifs is 1. The molecule has 0 bridgehead atoms. The van der Waals surface area contributed by atoms with Gasteiger partial charge in [-0.2, -0.15) is 5.10 Å². The van der Waals surface area contributed by atoms with Crippen molar-refractivity contribution in [2.75, 3.05) is 12.4 Å². The number of hydrogen-bond acceptors (Lipinski definition) is 5. The topological polar surface area (TPSA) is 64.9 Å². The molecule has 2 heterocycles. The maximum Gasteiger partial charge on any atom is 0.157 e. The van der Waals surface area contributed by atoms with Crippen molar-refractivity contribution in [3.63, 3.8) is 0 Å². The summed E-state index contributed by atoms with van der Waals surface area (Å²) in [6.07, 6.45) is 3.72. The number of hydrogen-bond donors (Lipinski definition) is 1. The molecule has 0 aliphatic rings. The molecule has 1 N–H and O–H groups in total. The maximum atomic E-state index is 5.60. The molecule has 0 radical (unpaired) electrons. The zero-order valence-corrected chi connectivity index (χ0v) is 15.5. The third kappa shape index (κ3) is 3.10. The Labute approximate surface area is 157 Å². The second-order valence-electron chi connectivity index (χ2n) is 6.40. The third-order valence-corrected chi connectivity index (χ3v) is 4.72. The Morgan fingerprint density at radius 2 is 1.74 bits per heavy atom. The standard InChI is InChI=1S/C21H21N5O/c1-14-15-8-4-5-9-16(15)20(25-24-14)23-19(21-22-12-13-26(21)2)17-10-6-7-11-18(17)27-3/h4-13,19H,1-3H3,(H,23,25)/t19-/m0/s1. The Kier molecular flexibility index (Phi) is 4.46. The highest BCUT2D eigenvalue weighted by Gasteiger charge is 2.23. The van der Waals surface area contributed by atoms with E-state index in [0.717, 1.165) is 39.4 Å². The van der Waals surface area contributed by atoms with Crippen LogP contribution in [0.3, 0.4) is 0 Å². The van der Waals surface area contributed by atoms with Crippen LogP contribution in [-0.4, -0.2) is 26.9 Å². The fourth-order valence-corrected chi connectivity index (χ4v) is 3.32. The summed E-state index contributed by atoms with van der Waals surface area (Å²) in [6, 6.07) is 15.8. The molecule has 0 saturated carbocycles. The van der Waals surface area contributed by atoms with Gasteiger partial charge < -0.3 is 14.6 Å². The van der Waals surface area contributed by atoms with Crippen molar-refractivity contribution >= 4 is 16.6 Å². The Morgan fingerprint density at radius 3 is 2.48 bits per heavy atom. The average Bonchev–Trinajstić information content (AvgIpc) is 3.13. The van der Waals surface area contributed by atoms with Gasteiger partial charge in [0.25, 0.3) is 0 Å². The first-order valence-electron chi connectivity index (χ1n) is 8.77. The average molecular weight is 359 g/mol. The van der Waals surface area contributed by atoms with E-state index in [2.05, 4.69) is 32.6 Å². The summed E-state index contributed by atoms with van der Waals surface area (Å²) < 4.78 is 7.59. The van der Waals surface area contributed by atoms with Crippen molar-refractivity contribution in [2.45, 2.75) is 13.0 Å². The van der Waals surface area contributed by atoms with Crippen LogP contribution in [0.5, 0.6) is 5.75 Å². The summed E-state index contributed by atoms with van der Waals surface area (Å²) in [6.45, 7) is 1.97. The summed E-state index contributed by atoms with van der Waals surface area (Å²) in [5.41, 5.74) is 1.89. The van der Waals surface area contributed by atoms with Gasteiger partial charge in [-0.1, -0.05) is 42.5 Å². The summed E-state index contributed by atoms with van der Waals surface area (Å²) in [7, 11) is 3.65. The SMILES string of the molecule is COc1ccccc1[C@H](Nc1nnc(C)c2ccccc12)c1nccn1C. The minimum atomic E-state index is -0.235. The highest BCUT2D eigenvalue weighted by atomic mass is 16.5. The van der Waals surface area contributed by atoms with Gasteiger partial charge in [-0.15, -0.1) is 5.10 Å². The van der Waals surface area contributed by atoms with Crippen molar-refractivity contribution in [3.8, 4) is 5.75 Å². The zero-order valence-electron chi connectivity index (χ0n) is 15.5. The minimum absolute atomic E-state index is 0.235. The number of rotatable bonds is 5. The molecule has 0 aliphatic heterocycles. The maximum absolute atomic E-state index is 5.60. The molecule has 27 heavy (non-hydrogen) atoms. The van der Waals surface area contributed by atoms with Gasteiger partial charge in [-0.25, -0.2) is 4.98 Å².